The number of anilines is 1. The Morgan fingerprint density at radius 2 is 1.88 bits per heavy atom. The molecule has 26 heavy (non-hydrogen) atoms. The van der Waals surface area contributed by atoms with Crippen LogP contribution in [-0.4, -0.2) is 24.5 Å². The molecule has 0 heterocycles. The van der Waals surface area contributed by atoms with Gasteiger partial charge in [-0.25, -0.2) is 0 Å². The molecule has 7 heteroatoms. The van der Waals surface area contributed by atoms with E-state index in [9.17, 15) is 14.9 Å². The van der Waals surface area contributed by atoms with Gasteiger partial charge in [0, 0.05) is 6.04 Å². The fourth-order valence-electron chi connectivity index (χ4n) is 2.69. The first-order chi connectivity index (χ1) is 12.4. The van der Waals surface area contributed by atoms with Gasteiger partial charge in [0.05, 0.1) is 24.6 Å². The third-order valence-electron chi connectivity index (χ3n) is 3.98. The number of benzene rings is 2. The Morgan fingerprint density at radius 1 is 1.19 bits per heavy atom. The molecule has 0 saturated heterocycles. The lowest BCUT2D eigenvalue weighted by atomic mass is 9.96. The van der Waals surface area contributed by atoms with Crippen molar-refractivity contribution in [2.75, 3.05) is 19.0 Å². The highest BCUT2D eigenvalue weighted by Crippen LogP contribution is 2.29. The van der Waals surface area contributed by atoms with Crippen LogP contribution in [0, 0.1) is 16.0 Å². The molecule has 2 N–H and O–H groups in total. The average molecular weight is 357 g/mol. The average Bonchev–Trinajstić information content (AvgIpc) is 2.62. The van der Waals surface area contributed by atoms with Gasteiger partial charge in [0.2, 0.25) is 5.91 Å². The van der Waals surface area contributed by atoms with Gasteiger partial charge in [-0.15, -0.1) is 0 Å². The molecule has 0 aliphatic heterocycles. The van der Waals surface area contributed by atoms with Crippen LogP contribution in [0.2, 0.25) is 0 Å². The van der Waals surface area contributed by atoms with E-state index >= 15 is 0 Å². The summed E-state index contributed by atoms with van der Waals surface area (Å²) in [5.41, 5.74) is 1.02. The van der Waals surface area contributed by atoms with Crippen LogP contribution in [0.1, 0.15) is 25.5 Å². The third kappa shape index (κ3) is 5.03. The highest BCUT2D eigenvalue weighted by atomic mass is 16.6. The summed E-state index contributed by atoms with van der Waals surface area (Å²) in [5.74, 6) is 0.289. The second kappa shape index (κ2) is 8.96. The summed E-state index contributed by atoms with van der Waals surface area (Å²) in [4.78, 5) is 22.9. The number of nitrogens with one attached hydrogen (secondary N) is 2. The minimum Gasteiger partial charge on any atom is -0.496 e. The summed E-state index contributed by atoms with van der Waals surface area (Å²) >= 11 is 0. The van der Waals surface area contributed by atoms with Gasteiger partial charge in [-0.2, -0.15) is 0 Å². The lowest BCUT2D eigenvalue weighted by Gasteiger charge is -2.22. The minimum atomic E-state index is -0.549. The van der Waals surface area contributed by atoms with Crippen LogP contribution in [0.4, 0.5) is 11.4 Å². The van der Waals surface area contributed by atoms with E-state index in [4.69, 9.17) is 4.74 Å². The summed E-state index contributed by atoms with van der Waals surface area (Å²) in [6, 6.07) is 14.2. The minimum absolute atomic E-state index is 0.00723. The van der Waals surface area contributed by atoms with Gasteiger partial charge in [0.15, 0.2) is 0 Å². The highest BCUT2D eigenvalue weighted by Gasteiger charge is 2.19. The Kier molecular flexibility index (Phi) is 6.68. The molecule has 0 aromatic heterocycles. The third-order valence-corrected chi connectivity index (χ3v) is 3.98. The van der Waals surface area contributed by atoms with Gasteiger partial charge in [-0.05, 0) is 23.6 Å². The Hall–Kier alpha value is -2.93. The molecule has 0 unspecified atom stereocenters. The van der Waals surface area contributed by atoms with Crippen molar-refractivity contribution in [3.63, 3.8) is 0 Å². The van der Waals surface area contributed by atoms with Crippen molar-refractivity contribution in [1.29, 1.82) is 0 Å². The zero-order valence-corrected chi connectivity index (χ0v) is 15.1. The lowest BCUT2D eigenvalue weighted by Crippen LogP contribution is -2.33. The molecule has 0 radical (unpaired) electrons. The van der Waals surface area contributed by atoms with E-state index in [0.717, 1.165) is 5.56 Å². The van der Waals surface area contributed by atoms with Crippen molar-refractivity contribution >= 4 is 17.3 Å². The van der Waals surface area contributed by atoms with Crippen LogP contribution < -0.4 is 15.4 Å². The molecule has 0 aliphatic carbocycles. The number of carbonyl (C=O) groups excluding carboxylic acids is 1. The first kappa shape index (κ1) is 19.4. The number of ether oxygens (including phenoxy) is 1. The maximum Gasteiger partial charge on any atom is 0.296 e. The summed E-state index contributed by atoms with van der Waals surface area (Å²) in [7, 11) is 1.43. The molecule has 0 fully saturated rings. The molecule has 0 spiro atoms. The Balaban J connectivity index is 2.05. The normalized spacial score (nSPS) is 11.8. The van der Waals surface area contributed by atoms with Crippen molar-refractivity contribution in [1.82, 2.24) is 5.32 Å². The molecule has 1 atom stereocenters. The van der Waals surface area contributed by atoms with E-state index in [1.54, 1.807) is 6.07 Å². The molecule has 0 saturated carbocycles. The molecule has 0 aliphatic rings. The van der Waals surface area contributed by atoms with E-state index in [1.165, 1.54) is 19.2 Å². The summed E-state index contributed by atoms with van der Waals surface area (Å²) in [5, 5.41) is 17.0. The van der Waals surface area contributed by atoms with Crippen LogP contribution in [-0.2, 0) is 4.79 Å². The Labute approximate surface area is 152 Å². The summed E-state index contributed by atoms with van der Waals surface area (Å²) in [6.45, 7) is 4.18. The predicted octanol–water partition coefficient (Wildman–Crippen LogP) is 3.53. The quantitative estimate of drug-likeness (QED) is 0.557. The number of methoxy groups -OCH3 is 1. The van der Waals surface area contributed by atoms with Crippen molar-refractivity contribution in [3.05, 3.63) is 64.2 Å². The number of nitrogens with zero attached hydrogens (tertiary/aromatic N) is 1. The zero-order valence-electron chi connectivity index (χ0n) is 15.1. The number of nitro groups is 1. The SMILES string of the molecule is COc1ccc(NC(=O)CN[C@H](c2ccccc2)C(C)C)c([N+](=O)[O-])c1. The van der Waals surface area contributed by atoms with E-state index in [1.807, 2.05) is 30.3 Å². The largest absolute Gasteiger partial charge is 0.496 e. The van der Waals surface area contributed by atoms with Gasteiger partial charge >= 0.3 is 0 Å². The maximum atomic E-state index is 12.3. The van der Waals surface area contributed by atoms with Crippen molar-refractivity contribution < 1.29 is 14.5 Å². The van der Waals surface area contributed by atoms with E-state index in [-0.39, 0.29) is 35.8 Å². The number of carbonyl (C=O) groups is 1. The maximum absolute atomic E-state index is 12.3. The van der Waals surface area contributed by atoms with Gasteiger partial charge in [0.1, 0.15) is 11.4 Å². The highest BCUT2D eigenvalue weighted by molar-refractivity contribution is 5.94. The number of amides is 1. The Morgan fingerprint density at radius 3 is 2.46 bits per heavy atom. The molecule has 2 aromatic carbocycles. The van der Waals surface area contributed by atoms with Gasteiger partial charge < -0.3 is 15.4 Å². The molecule has 7 nitrogen and oxygen atoms in total. The summed E-state index contributed by atoms with van der Waals surface area (Å²) < 4.78 is 4.99. The topological polar surface area (TPSA) is 93.5 Å². The predicted molar refractivity (Wildman–Crippen MR) is 100 cm³/mol. The second-order valence-electron chi connectivity index (χ2n) is 6.20. The van der Waals surface area contributed by atoms with Crippen molar-refractivity contribution in [3.8, 4) is 5.75 Å². The monoisotopic (exact) mass is 357 g/mol. The number of rotatable bonds is 8. The Bertz CT molecular complexity index is 763. The van der Waals surface area contributed by atoms with Crippen LogP contribution >= 0.6 is 0 Å². The van der Waals surface area contributed by atoms with Crippen LogP contribution in [0.25, 0.3) is 0 Å². The molecule has 1 amide bonds. The van der Waals surface area contributed by atoms with E-state index in [2.05, 4.69) is 24.5 Å². The molecular formula is C19H23N3O4. The van der Waals surface area contributed by atoms with Crippen molar-refractivity contribution in [2.45, 2.75) is 19.9 Å². The first-order valence-corrected chi connectivity index (χ1v) is 8.33. The number of nitro benzene ring substituents is 1. The van der Waals surface area contributed by atoms with Crippen LogP contribution in [0.3, 0.4) is 0 Å². The fourth-order valence-corrected chi connectivity index (χ4v) is 2.69. The first-order valence-electron chi connectivity index (χ1n) is 8.33. The van der Waals surface area contributed by atoms with Crippen LogP contribution in [0.5, 0.6) is 5.75 Å². The molecule has 138 valence electrons. The fraction of sp³-hybridized carbons (Fsp3) is 0.316. The molecular weight excluding hydrogens is 334 g/mol. The van der Waals surface area contributed by atoms with Gasteiger partial charge in [-0.1, -0.05) is 44.2 Å². The smallest absolute Gasteiger partial charge is 0.296 e. The summed E-state index contributed by atoms with van der Waals surface area (Å²) in [6.07, 6.45) is 0. The lowest BCUT2D eigenvalue weighted by molar-refractivity contribution is -0.384. The zero-order chi connectivity index (χ0) is 19.1. The number of hydrogen-bond acceptors (Lipinski definition) is 5. The standard InChI is InChI=1S/C19H23N3O4/c1-13(2)19(14-7-5-4-6-8-14)20-12-18(23)21-16-10-9-15(26-3)11-17(16)22(24)25/h4-11,13,19-20H,12H2,1-3H3,(H,21,23)/t19-/m0/s1. The van der Waals surface area contributed by atoms with E-state index < -0.39 is 4.92 Å². The number of hydrogen-bond donors (Lipinski definition) is 2. The van der Waals surface area contributed by atoms with E-state index in [0.29, 0.717) is 5.75 Å². The second-order valence-corrected chi connectivity index (χ2v) is 6.20. The van der Waals surface area contributed by atoms with Crippen LogP contribution in [0.15, 0.2) is 48.5 Å². The van der Waals surface area contributed by atoms with Gasteiger partial charge in [-0.3, -0.25) is 14.9 Å². The van der Waals surface area contributed by atoms with Crippen molar-refractivity contribution in [2.24, 2.45) is 5.92 Å². The molecule has 0 bridgehead atoms. The van der Waals surface area contributed by atoms with Gasteiger partial charge in [0.25, 0.3) is 5.69 Å². The molecule has 2 rings (SSSR count). The molecule has 2 aromatic rings.